The fourth-order valence-corrected chi connectivity index (χ4v) is 5.70. The van der Waals surface area contributed by atoms with Gasteiger partial charge in [0.25, 0.3) is 5.91 Å². The highest BCUT2D eigenvalue weighted by Crippen LogP contribution is 2.33. The maximum absolute atomic E-state index is 13.0. The van der Waals surface area contributed by atoms with E-state index in [2.05, 4.69) is 38.4 Å². The van der Waals surface area contributed by atoms with Crippen LogP contribution in [0.5, 0.6) is 0 Å². The molecule has 2 amide bonds. The highest BCUT2D eigenvalue weighted by Gasteiger charge is 2.27. The van der Waals surface area contributed by atoms with Gasteiger partial charge >= 0.3 is 0 Å². The summed E-state index contributed by atoms with van der Waals surface area (Å²) >= 11 is 6.20. The smallest absolute Gasteiger partial charge is 0.251 e. The number of likely N-dealkylation sites (N-methyl/N-ethyl adjacent to an activating group) is 1. The minimum Gasteiger partial charge on any atom is -0.379 e. The fourth-order valence-electron chi connectivity index (χ4n) is 5.49. The molecule has 3 fully saturated rings. The number of carbonyl (C=O) groups excluding carboxylic acids is 2. The summed E-state index contributed by atoms with van der Waals surface area (Å²) in [6, 6.07) is 14.1. The number of amides is 2. The zero-order chi connectivity index (χ0) is 26.5. The average Bonchev–Trinajstić information content (AvgIpc) is 3.75. The molecule has 0 bridgehead atoms. The predicted octanol–water partition coefficient (Wildman–Crippen LogP) is 4.61. The Labute approximate surface area is 231 Å². The average molecular weight is 538 g/mol. The minimum atomic E-state index is -0.0122. The number of nitrogens with zero attached hydrogens (tertiary/aromatic N) is 3. The molecule has 1 saturated carbocycles. The third kappa shape index (κ3) is 7.20. The van der Waals surface area contributed by atoms with E-state index >= 15 is 0 Å². The van der Waals surface area contributed by atoms with Gasteiger partial charge in [0.1, 0.15) is 0 Å². The Kier molecular flexibility index (Phi) is 8.75. The molecule has 0 radical (unpaired) electrons. The second-order valence-electron chi connectivity index (χ2n) is 11.1. The van der Waals surface area contributed by atoms with Crippen LogP contribution in [0, 0.1) is 5.92 Å². The van der Waals surface area contributed by atoms with E-state index in [1.54, 1.807) is 0 Å². The number of carbonyl (C=O) groups is 2. The first kappa shape index (κ1) is 26.8. The van der Waals surface area contributed by atoms with E-state index in [0.29, 0.717) is 41.4 Å². The van der Waals surface area contributed by atoms with Gasteiger partial charge in [-0.2, -0.15) is 0 Å². The first-order valence-corrected chi connectivity index (χ1v) is 14.5. The van der Waals surface area contributed by atoms with Gasteiger partial charge in [0.15, 0.2) is 0 Å². The molecule has 0 unspecified atom stereocenters. The maximum atomic E-state index is 13.0. The lowest BCUT2D eigenvalue weighted by atomic mass is 9.92. The standard InChI is InChI=1S/C30H40ClN5O2/c1-34-12-3-13-36(17-16-34)29(37)19-22-10-14-35(15-11-22)28-9-6-24(30(38)33-26-7-8-26)20-27(28)32-21-23-4-2-5-25(31)18-23/h2,4-6,9,18,20,22,26,32H,3,7-8,10-17,19,21H2,1H3,(H,33,38). The summed E-state index contributed by atoms with van der Waals surface area (Å²) in [5, 5.41) is 7.38. The quantitative estimate of drug-likeness (QED) is 0.514. The monoisotopic (exact) mass is 537 g/mol. The summed E-state index contributed by atoms with van der Waals surface area (Å²) in [4.78, 5) is 32.5. The summed E-state index contributed by atoms with van der Waals surface area (Å²) in [5.74, 6) is 0.724. The molecule has 2 aliphatic heterocycles. The maximum Gasteiger partial charge on any atom is 0.251 e. The molecule has 204 valence electrons. The second-order valence-corrected chi connectivity index (χ2v) is 11.6. The van der Waals surface area contributed by atoms with Crippen molar-refractivity contribution < 1.29 is 9.59 Å². The van der Waals surface area contributed by atoms with Crippen molar-refractivity contribution in [2.45, 2.75) is 51.1 Å². The number of halogens is 1. The van der Waals surface area contributed by atoms with E-state index in [1.807, 2.05) is 36.4 Å². The molecule has 7 nitrogen and oxygen atoms in total. The number of hydrogen-bond acceptors (Lipinski definition) is 5. The fraction of sp³-hybridized carbons (Fsp3) is 0.533. The summed E-state index contributed by atoms with van der Waals surface area (Å²) in [7, 11) is 2.13. The van der Waals surface area contributed by atoms with E-state index < -0.39 is 0 Å². The lowest BCUT2D eigenvalue weighted by Crippen LogP contribution is -2.39. The molecular formula is C30H40ClN5O2. The number of anilines is 2. The van der Waals surface area contributed by atoms with Crippen molar-refractivity contribution in [2.75, 3.05) is 56.5 Å². The Hall–Kier alpha value is -2.77. The summed E-state index contributed by atoms with van der Waals surface area (Å²) in [5.41, 5.74) is 3.83. The molecule has 0 spiro atoms. The molecule has 2 aromatic carbocycles. The van der Waals surface area contributed by atoms with Gasteiger partial charge in [0, 0.05) is 62.3 Å². The largest absolute Gasteiger partial charge is 0.379 e. The third-order valence-corrected chi connectivity index (χ3v) is 8.27. The molecule has 0 aromatic heterocycles. The highest BCUT2D eigenvalue weighted by molar-refractivity contribution is 6.30. The zero-order valence-electron chi connectivity index (χ0n) is 22.4. The molecule has 2 saturated heterocycles. The van der Waals surface area contributed by atoms with E-state index in [9.17, 15) is 9.59 Å². The predicted molar refractivity (Wildman–Crippen MR) is 154 cm³/mol. The zero-order valence-corrected chi connectivity index (χ0v) is 23.2. The lowest BCUT2D eigenvalue weighted by Gasteiger charge is -2.35. The Morgan fingerprint density at radius 2 is 1.76 bits per heavy atom. The molecule has 5 rings (SSSR count). The summed E-state index contributed by atoms with van der Waals surface area (Å²) < 4.78 is 0. The second kappa shape index (κ2) is 12.4. The SMILES string of the molecule is CN1CCCN(C(=O)CC2CCN(c3ccc(C(=O)NC4CC4)cc3NCc3cccc(Cl)c3)CC2)CC1. The Balaban J connectivity index is 1.23. The van der Waals surface area contributed by atoms with Gasteiger partial charge in [-0.1, -0.05) is 23.7 Å². The van der Waals surface area contributed by atoms with E-state index in [1.165, 1.54) is 0 Å². The van der Waals surface area contributed by atoms with Gasteiger partial charge in [-0.3, -0.25) is 9.59 Å². The van der Waals surface area contributed by atoms with E-state index in [0.717, 1.165) is 88.3 Å². The molecule has 0 atom stereocenters. The Bertz CT molecular complexity index is 1130. The first-order chi connectivity index (χ1) is 18.4. The van der Waals surface area contributed by atoms with Crippen molar-refractivity contribution in [3.63, 3.8) is 0 Å². The Morgan fingerprint density at radius 3 is 2.53 bits per heavy atom. The molecule has 2 heterocycles. The molecule has 2 N–H and O–H groups in total. The highest BCUT2D eigenvalue weighted by atomic mass is 35.5. The van der Waals surface area contributed by atoms with Crippen molar-refractivity contribution in [2.24, 2.45) is 5.92 Å². The van der Waals surface area contributed by atoms with E-state index in [4.69, 9.17) is 11.6 Å². The molecular weight excluding hydrogens is 498 g/mol. The third-order valence-electron chi connectivity index (χ3n) is 8.03. The number of piperidine rings is 1. The van der Waals surface area contributed by atoms with Crippen molar-refractivity contribution in [3.05, 3.63) is 58.6 Å². The van der Waals surface area contributed by atoms with Crippen LogP contribution in [0.2, 0.25) is 5.02 Å². The van der Waals surface area contributed by atoms with Gasteiger partial charge in [-0.05, 0) is 87.5 Å². The summed E-state index contributed by atoms with van der Waals surface area (Å²) in [6.07, 6.45) is 5.83. The van der Waals surface area contributed by atoms with Gasteiger partial charge in [0.05, 0.1) is 11.4 Å². The van der Waals surface area contributed by atoms with E-state index in [-0.39, 0.29) is 5.91 Å². The number of hydrogen-bond donors (Lipinski definition) is 2. The lowest BCUT2D eigenvalue weighted by molar-refractivity contribution is -0.132. The van der Waals surface area contributed by atoms with Crippen LogP contribution in [-0.2, 0) is 11.3 Å². The van der Waals surface area contributed by atoms with Crippen LogP contribution in [-0.4, -0.2) is 74.0 Å². The molecule has 1 aliphatic carbocycles. The van der Waals surface area contributed by atoms with Crippen molar-refractivity contribution in [1.82, 2.24) is 15.1 Å². The summed E-state index contributed by atoms with van der Waals surface area (Å²) in [6.45, 7) is 6.18. The number of nitrogens with one attached hydrogen (secondary N) is 2. The molecule has 2 aromatic rings. The number of rotatable bonds is 8. The van der Waals surface area contributed by atoms with Gasteiger partial charge in [-0.15, -0.1) is 0 Å². The van der Waals surface area contributed by atoms with Crippen LogP contribution < -0.4 is 15.5 Å². The first-order valence-electron chi connectivity index (χ1n) is 14.1. The van der Waals surface area contributed by atoms with Crippen molar-refractivity contribution in [3.8, 4) is 0 Å². The van der Waals surface area contributed by atoms with Crippen LogP contribution in [0.15, 0.2) is 42.5 Å². The minimum absolute atomic E-state index is 0.0122. The van der Waals surface area contributed by atoms with Crippen LogP contribution in [0.1, 0.15) is 54.4 Å². The molecule has 3 aliphatic rings. The topological polar surface area (TPSA) is 67.9 Å². The Morgan fingerprint density at radius 1 is 0.947 bits per heavy atom. The van der Waals surface area contributed by atoms with Crippen LogP contribution in [0.3, 0.4) is 0 Å². The van der Waals surface area contributed by atoms with Gasteiger partial charge in [-0.25, -0.2) is 0 Å². The van der Waals surface area contributed by atoms with Crippen molar-refractivity contribution >= 4 is 34.8 Å². The number of benzene rings is 2. The molecule has 8 heteroatoms. The van der Waals surface area contributed by atoms with Crippen LogP contribution in [0.25, 0.3) is 0 Å². The molecule has 38 heavy (non-hydrogen) atoms. The van der Waals surface area contributed by atoms with Crippen LogP contribution in [0.4, 0.5) is 11.4 Å². The van der Waals surface area contributed by atoms with Crippen molar-refractivity contribution in [1.29, 1.82) is 0 Å². The van der Waals surface area contributed by atoms with Gasteiger partial charge in [0.2, 0.25) is 5.91 Å². The van der Waals surface area contributed by atoms with Gasteiger partial charge < -0.3 is 25.3 Å². The normalized spacial score (nSPS) is 19.2. The van der Waals surface area contributed by atoms with Crippen LogP contribution >= 0.6 is 11.6 Å².